The van der Waals surface area contributed by atoms with Crippen molar-refractivity contribution < 1.29 is 24.2 Å². The van der Waals surface area contributed by atoms with Gasteiger partial charge in [0, 0.05) is 5.57 Å². The van der Waals surface area contributed by atoms with E-state index >= 15 is 0 Å². The molecule has 27 heavy (non-hydrogen) atoms. The molecule has 5 heteroatoms. The molecule has 2 aliphatic rings. The Bertz CT molecular complexity index is 513. The molecule has 2 rings (SSSR count). The number of esters is 2. The summed E-state index contributed by atoms with van der Waals surface area (Å²) in [5.74, 6) is -0.674. The van der Waals surface area contributed by atoms with Crippen molar-refractivity contribution >= 4 is 11.9 Å². The van der Waals surface area contributed by atoms with Gasteiger partial charge in [0.1, 0.15) is 18.3 Å². The quantitative estimate of drug-likeness (QED) is 0.377. The van der Waals surface area contributed by atoms with Gasteiger partial charge in [-0.05, 0) is 39.2 Å². The summed E-state index contributed by atoms with van der Waals surface area (Å²) in [6.45, 7) is 3.65. The van der Waals surface area contributed by atoms with Crippen LogP contribution < -0.4 is 0 Å². The van der Waals surface area contributed by atoms with Crippen LogP contribution in [0.3, 0.4) is 0 Å². The summed E-state index contributed by atoms with van der Waals surface area (Å²) in [7, 11) is 0. The molecule has 0 bridgehead atoms. The van der Waals surface area contributed by atoms with Gasteiger partial charge in [-0.1, -0.05) is 57.8 Å². The Balaban J connectivity index is 1.35. The summed E-state index contributed by atoms with van der Waals surface area (Å²) in [6.07, 6.45) is 14.3. The van der Waals surface area contributed by atoms with Crippen molar-refractivity contribution in [2.24, 2.45) is 5.92 Å². The van der Waals surface area contributed by atoms with Gasteiger partial charge < -0.3 is 14.6 Å². The third-order valence-corrected chi connectivity index (χ3v) is 5.70. The molecule has 0 amide bonds. The lowest BCUT2D eigenvalue weighted by atomic mass is 9.95. The maximum absolute atomic E-state index is 11.6. The summed E-state index contributed by atoms with van der Waals surface area (Å²) in [6, 6.07) is 0. The fourth-order valence-electron chi connectivity index (χ4n) is 4.00. The van der Waals surface area contributed by atoms with Gasteiger partial charge in [-0.15, -0.1) is 0 Å². The van der Waals surface area contributed by atoms with Crippen molar-refractivity contribution in [1.82, 2.24) is 0 Å². The van der Waals surface area contributed by atoms with Crippen LogP contribution in [-0.2, 0) is 19.1 Å². The Morgan fingerprint density at radius 3 is 1.89 bits per heavy atom. The summed E-state index contributed by atoms with van der Waals surface area (Å²) in [4.78, 5) is 23.1. The van der Waals surface area contributed by atoms with E-state index in [1.165, 1.54) is 44.9 Å². The molecule has 0 aliphatic carbocycles. The number of hydrogen-bond donors (Lipinski definition) is 1. The summed E-state index contributed by atoms with van der Waals surface area (Å²) in [5, 5.41) is 9.90. The molecule has 0 unspecified atom stereocenters. The summed E-state index contributed by atoms with van der Waals surface area (Å²) < 4.78 is 10.2. The lowest BCUT2D eigenvalue weighted by Gasteiger charge is -2.11. The topological polar surface area (TPSA) is 72.8 Å². The average Bonchev–Trinajstić information content (AvgIpc) is 3.07. The van der Waals surface area contributed by atoms with E-state index in [0.717, 1.165) is 37.7 Å². The van der Waals surface area contributed by atoms with Gasteiger partial charge in [0.2, 0.25) is 0 Å². The minimum Gasteiger partial charge on any atom is -0.460 e. The molecule has 4 atom stereocenters. The second-order valence-corrected chi connectivity index (χ2v) is 8.12. The summed E-state index contributed by atoms with van der Waals surface area (Å²) in [5.41, 5.74) is 0.857. The number of aliphatic hydroxyl groups is 1. The number of carbonyl (C=O) groups excluding carboxylic acids is 2. The fourth-order valence-corrected chi connectivity index (χ4v) is 4.00. The van der Waals surface area contributed by atoms with E-state index in [1.807, 2.05) is 13.0 Å². The van der Waals surface area contributed by atoms with Gasteiger partial charge in [-0.25, -0.2) is 4.79 Å². The van der Waals surface area contributed by atoms with E-state index in [4.69, 9.17) is 9.47 Å². The molecular formula is C22H36O5. The Morgan fingerprint density at radius 2 is 1.41 bits per heavy atom. The van der Waals surface area contributed by atoms with E-state index in [9.17, 15) is 14.7 Å². The molecule has 0 saturated carbocycles. The highest BCUT2D eigenvalue weighted by Gasteiger charge is 2.40. The Morgan fingerprint density at radius 1 is 0.852 bits per heavy atom. The molecule has 0 aromatic heterocycles. The van der Waals surface area contributed by atoms with Gasteiger partial charge in [-0.2, -0.15) is 0 Å². The zero-order valence-corrected chi connectivity index (χ0v) is 17.0. The molecule has 0 spiro atoms. The molecule has 154 valence electrons. The Hall–Kier alpha value is -1.36. The maximum Gasteiger partial charge on any atom is 0.334 e. The minimum absolute atomic E-state index is 0.0480. The third kappa shape index (κ3) is 7.28. The minimum atomic E-state index is -0.628. The first-order valence-corrected chi connectivity index (χ1v) is 10.8. The number of unbranched alkanes of at least 4 members (excludes halogenated alkanes) is 9. The van der Waals surface area contributed by atoms with Crippen molar-refractivity contribution in [3.8, 4) is 0 Å². The fraction of sp³-hybridized carbons (Fsp3) is 0.818. The normalized spacial score (nSPS) is 27.6. The van der Waals surface area contributed by atoms with Gasteiger partial charge in [0.05, 0.1) is 5.92 Å². The SMILES string of the molecule is C[C@H]1C=C(CCCCCCCCCCCC[C@@H]2C(=O)O[C@H](C)[C@H]2O)C(=O)O1. The molecule has 1 N–H and O–H groups in total. The Labute approximate surface area is 163 Å². The van der Waals surface area contributed by atoms with Gasteiger partial charge in [-0.3, -0.25) is 4.79 Å². The van der Waals surface area contributed by atoms with E-state index < -0.39 is 6.10 Å². The standard InChI is InChI=1S/C22H36O5/c1-16-15-18(21(24)26-16)13-11-9-7-5-3-4-6-8-10-12-14-19-20(23)17(2)27-22(19)25/h15-17,19-20,23H,3-14H2,1-2H3/t16-,17+,19-,20+/m0/s1. The molecular weight excluding hydrogens is 344 g/mol. The van der Waals surface area contributed by atoms with Crippen LogP contribution in [0.25, 0.3) is 0 Å². The van der Waals surface area contributed by atoms with Crippen LogP contribution in [0.1, 0.15) is 90.9 Å². The zero-order valence-electron chi connectivity index (χ0n) is 17.0. The molecule has 2 heterocycles. The number of carbonyl (C=O) groups is 2. The predicted octanol–water partition coefficient (Wildman–Crippen LogP) is 4.46. The average molecular weight is 381 g/mol. The first-order chi connectivity index (χ1) is 13.0. The smallest absolute Gasteiger partial charge is 0.334 e. The van der Waals surface area contributed by atoms with Crippen LogP contribution in [0.2, 0.25) is 0 Å². The largest absolute Gasteiger partial charge is 0.460 e. The second kappa shape index (κ2) is 11.5. The van der Waals surface area contributed by atoms with E-state index in [0.29, 0.717) is 0 Å². The summed E-state index contributed by atoms with van der Waals surface area (Å²) >= 11 is 0. The zero-order chi connectivity index (χ0) is 19.6. The van der Waals surface area contributed by atoms with Gasteiger partial charge in [0.15, 0.2) is 0 Å². The van der Waals surface area contributed by atoms with Crippen LogP contribution >= 0.6 is 0 Å². The lowest BCUT2D eigenvalue weighted by Crippen LogP contribution is -2.24. The number of cyclic esters (lactones) is 2. The van der Waals surface area contributed by atoms with Crippen molar-refractivity contribution in [2.45, 2.75) is 109 Å². The predicted molar refractivity (Wildman–Crippen MR) is 104 cm³/mol. The highest BCUT2D eigenvalue weighted by atomic mass is 16.6. The number of ether oxygens (including phenoxy) is 2. The number of rotatable bonds is 13. The van der Waals surface area contributed by atoms with Crippen LogP contribution in [-0.4, -0.2) is 35.4 Å². The van der Waals surface area contributed by atoms with E-state index in [-0.39, 0.29) is 30.1 Å². The molecule has 0 radical (unpaired) electrons. The monoisotopic (exact) mass is 380 g/mol. The second-order valence-electron chi connectivity index (χ2n) is 8.12. The van der Waals surface area contributed by atoms with Crippen LogP contribution in [0.15, 0.2) is 11.6 Å². The molecule has 0 aromatic carbocycles. The molecule has 0 aromatic rings. The number of aliphatic hydroxyl groups excluding tert-OH is 1. The maximum atomic E-state index is 11.6. The highest BCUT2D eigenvalue weighted by molar-refractivity contribution is 5.90. The van der Waals surface area contributed by atoms with E-state index in [1.54, 1.807) is 6.92 Å². The van der Waals surface area contributed by atoms with Crippen molar-refractivity contribution in [2.75, 3.05) is 0 Å². The first kappa shape index (κ1) is 21.9. The highest BCUT2D eigenvalue weighted by Crippen LogP contribution is 2.26. The molecule has 2 aliphatic heterocycles. The van der Waals surface area contributed by atoms with Gasteiger partial charge >= 0.3 is 11.9 Å². The van der Waals surface area contributed by atoms with Crippen LogP contribution in [0.4, 0.5) is 0 Å². The van der Waals surface area contributed by atoms with Crippen molar-refractivity contribution in [1.29, 1.82) is 0 Å². The molecule has 1 saturated heterocycles. The lowest BCUT2D eigenvalue weighted by molar-refractivity contribution is -0.144. The first-order valence-electron chi connectivity index (χ1n) is 10.8. The number of hydrogen-bond acceptors (Lipinski definition) is 5. The molecule has 5 nitrogen and oxygen atoms in total. The third-order valence-electron chi connectivity index (χ3n) is 5.70. The molecule has 1 fully saturated rings. The Kier molecular flexibility index (Phi) is 9.32. The van der Waals surface area contributed by atoms with Crippen molar-refractivity contribution in [3.05, 3.63) is 11.6 Å². The van der Waals surface area contributed by atoms with Crippen LogP contribution in [0, 0.1) is 5.92 Å². The van der Waals surface area contributed by atoms with Crippen LogP contribution in [0.5, 0.6) is 0 Å². The van der Waals surface area contributed by atoms with Crippen molar-refractivity contribution in [3.63, 3.8) is 0 Å². The van der Waals surface area contributed by atoms with E-state index in [2.05, 4.69) is 0 Å². The van der Waals surface area contributed by atoms with Gasteiger partial charge in [0.25, 0.3) is 0 Å².